The molecule has 0 saturated carbocycles. The summed E-state index contributed by atoms with van der Waals surface area (Å²) in [6.45, 7) is 5.31. The number of likely N-dealkylation sites (N-methyl/N-ethyl adjacent to an activating group) is 2. The molecular weight excluding hydrogens is 258 g/mol. The molecule has 2 heterocycles. The second-order valence-electron chi connectivity index (χ2n) is 5.37. The van der Waals surface area contributed by atoms with Gasteiger partial charge in [-0.3, -0.25) is 0 Å². The molecule has 0 amide bonds. The fourth-order valence-corrected chi connectivity index (χ4v) is 2.35. The van der Waals surface area contributed by atoms with Gasteiger partial charge in [-0.2, -0.15) is 4.98 Å². The van der Waals surface area contributed by atoms with Crippen LogP contribution in [0.2, 0.25) is 0 Å². The van der Waals surface area contributed by atoms with Gasteiger partial charge in [0.05, 0.1) is 13.2 Å². The number of hydrogen-bond donors (Lipinski definition) is 1. The highest BCUT2D eigenvalue weighted by Gasteiger charge is 2.24. The van der Waals surface area contributed by atoms with Gasteiger partial charge in [0.15, 0.2) is 5.82 Å². The van der Waals surface area contributed by atoms with Gasteiger partial charge >= 0.3 is 0 Å². The van der Waals surface area contributed by atoms with Gasteiger partial charge in [-0.05, 0) is 14.1 Å². The summed E-state index contributed by atoms with van der Waals surface area (Å²) in [4.78, 5) is 9.15. The maximum absolute atomic E-state index is 5.25. The number of aromatic nitrogens is 2. The maximum atomic E-state index is 5.25. The quantitative estimate of drug-likeness (QED) is 0.683. The fourth-order valence-electron chi connectivity index (χ4n) is 2.35. The normalized spacial score (nSPS) is 21.4. The smallest absolute Gasteiger partial charge is 0.240 e. The van der Waals surface area contributed by atoms with Crippen LogP contribution in [0.3, 0.4) is 0 Å². The molecule has 1 aliphatic heterocycles. The van der Waals surface area contributed by atoms with E-state index in [0.717, 1.165) is 38.4 Å². The monoisotopic (exact) mass is 283 g/mol. The van der Waals surface area contributed by atoms with E-state index in [4.69, 9.17) is 9.26 Å². The van der Waals surface area contributed by atoms with Gasteiger partial charge in [0.25, 0.3) is 0 Å². The number of ether oxygens (including phenoxy) is 1. The van der Waals surface area contributed by atoms with Crippen LogP contribution in [0.4, 0.5) is 0 Å². The Hall–Kier alpha value is -1.02. The highest BCUT2D eigenvalue weighted by atomic mass is 16.5. The van der Waals surface area contributed by atoms with Crippen molar-refractivity contribution in [3.8, 4) is 0 Å². The Morgan fingerprint density at radius 2 is 2.25 bits per heavy atom. The molecule has 1 aliphatic rings. The summed E-state index contributed by atoms with van der Waals surface area (Å²) in [7, 11) is 6.00. The highest BCUT2D eigenvalue weighted by Crippen LogP contribution is 2.10. The summed E-state index contributed by atoms with van der Waals surface area (Å²) >= 11 is 0. The standard InChI is InChI=1S/C13H25N5O2/c1-17-5-6-18(2)11(10-17)8-12-15-13(20-16-12)9-14-4-7-19-3/h11,14H,4-10H2,1-3H3. The van der Waals surface area contributed by atoms with Crippen LogP contribution in [0.5, 0.6) is 0 Å². The molecule has 1 fully saturated rings. The summed E-state index contributed by atoms with van der Waals surface area (Å²) in [5.41, 5.74) is 0. The van der Waals surface area contributed by atoms with Crippen LogP contribution in [0.1, 0.15) is 11.7 Å². The molecule has 0 aromatic carbocycles. The van der Waals surface area contributed by atoms with Crippen molar-refractivity contribution in [3.63, 3.8) is 0 Å². The van der Waals surface area contributed by atoms with Crippen LogP contribution < -0.4 is 5.32 Å². The van der Waals surface area contributed by atoms with Crippen molar-refractivity contribution in [3.05, 3.63) is 11.7 Å². The molecule has 7 heteroatoms. The first kappa shape index (κ1) is 15.4. The van der Waals surface area contributed by atoms with Gasteiger partial charge in [-0.1, -0.05) is 5.16 Å². The van der Waals surface area contributed by atoms with Gasteiger partial charge in [0.1, 0.15) is 0 Å². The SMILES string of the molecule is COCCNCc1nc(CC2CN(C)CCN2C)no1. The number of piperazine rings is 1. The molecule has 1 saturated heterocycles. The highest BCUT2D eigenvalue weighted by molar-refractivity contribution is 4.93. The van der Waals surface area contributed by atoms with Gasteiger partial charge in [-0.15, -0.1) is 0 Å². The van der Waals surface area contributed by atoms with Crippen molar-refractivity contribution in [2.45, 2.75) is 19.0 Å². The largest absolute Gasteiger partial charge is 0.383 e. The van der Waals surface area contributed by atoms with E-state index in [1.165, 1.54) is 0 Å². The molecule has 7 nitrogen and oxygen atoms in total. The van der Waals surface area contributed by atoms with E-state index < -0.39 is 0 Å². The summed E-state index contributed by atoms with van der Waals surface area (Å²) in [5.74, 6) is 1.43. The van der Waals surface area contributed by atoms with Crippen LogP contribution in [0, 0.1) is 0 Å². The zero-order valence-corrected chi connectivity index (χ0v) is 12.6. The van der Waals surface area contributed by atoms with Crippen LogP contribution in [0.15, 0.2) is 4.52 Å². The van der Waals surface area contributed by atoms with Crippen LogP contribution >= 0.6 is 0 Å². The van der Waals surface area contributed by atoms with E-state index in [2.05, 4.69) is 39.4 Å². The molecule has 1 N–H and O–H groups in total. The number of nitrogens with zero attached hydrogens (tertiary/aromatic N) is 4. The zero-order chi connectivity index (χ0) is 14.4. The second kappa shape index (κ2) is 7.68. The molecule has 114 valence electrons. The third-order valence-electron chi connectivity index (χ3n) is 3.67. The summed E-state index contributed by atoms with van der Waals surface area (Å²) < 4.78 is 10.2. The Labute approximate surface area is 120 Å². The van der Waals surface area contributed by atoms with Gasteiger partial charge in [0.2, 0.25) is 5.89 Å². The van der Waals surface area contributed by atoms with E-state index in [1.807, 2.05) is 0 Å². The lowest BCUT2D eigenvalue weighted by atomic mass is 10.1. The number of methoxy groups -OCH3 is 1. The molecule has 0 bridgehead atoms. The van der Waals surface area contributed by atoms with E-state index in [-0.39, 0.29) is 0 Å². The summed E-state index contributed by atoms with van der Waals surface area (Å²) in [5, 5.41) is 7.26. The van der Waals surface area contributed by atoms with Gasteiger partial charge < -0.3 is 24.4 Å². The van der Waals surface area contributed by atoms with E-state index in [9.17, 15) is 0 Å². The van der Waals surface area contributed by atoms with Crippen LogP contribution in [-0.2, 0) is 17.7 Å². The Kier molecular flexibility index (Phi) is 5.90. The Balaban J connectivity index is 1.79. The molecule has 20 heavy (non-hydrogen) atoms. The summed E-state index contributed by atoms with van der Waals surface area (Å²) in [6.07, 6.45) is 0.836. The third-order valence-corrected chi connectivity index (χ3v) is 3.67. The van der Waals surface area contributed by atoms with Gasteiger partial charge in [0, 0.05) is 45.8 Å². The van der Waals surface area contributed by atoms with E-state index in [1.54, 1.807) is 7.11 Å². The van der Waals surface area contributed by atoms with Crippen molar-refractivity contribution < 1.29 is 9.26 Å². The molecule has 0 aliphatic carbocycles. The predicted octanol–water partition coefficient (Wildman–Crippen LogP) is -0.406. The molecule has 1 unspecified atom stereocenters. The van der Waals surface area contributed by atoms with Crippen molar-refractivity contribution >= 4 is 0 Å². The first-order chi connectivity index (χ1) is 9.69. The van der Waals surface area contributed by atoms with E-state index in [0.29, 0.717) is 25.1 Å². The molecule has 0 radical (unpaired) electrons. The minimum atomic E-state index is 0.459. The van der Waals surface area contributed by atoms with Crippen molar-refractivity contribution in [1.29, 1.82) is 0 Å². The maximum Gasteiger partial charge on any atom is 0.240 e. The molecule has 0 spiro atoms. The van der Waals surface area contributed by atoms with Crippen molar-refractivity contribution in [2.24, 2.45) is 0 Å². The second-order valence-corrected chi connectivity index (χ2v) is 5.37. The Morgan fingerprint density at radius 3 is 3.05 bits per heavy atom. The van der Waals surface area contributed by atoms with Gasteiger partial charge in [-0.25, -0.2) is 0 Å². The first-order valence-electron chi connectivity index (χ1n) is 7.09. The van der Waals surface area contributed by atoms with Crippen molar-refractivity contribution in [2.75, 3.05) is 54.0 Å². The number of nitrogens with one attached hydrogen (secondary N) is 1. The predicted molar refractivity (Wildman–Crippen MR) is 75.5 cm³/mol. The lowest BCUT2D eigenvalue weighted by Gasteiger charge is -2.37. The lowest BCUT2D eigenvalue weighted by molar-refractivity contribution is 0.113. The first-order valence-corrected chi connectivity index (χ1v) is 7.09. The lowest BCUT2D eigenvalue weighted by Crippen LogP contribution is -2.50. The Morgan fingerprint density at radius 1 is 1.40 bits per heavy atom. The molecule has 1 aromatic heterocycles. The topological polar surface area (TPSA) is 66.7 Å². The fraction of sp³-hybridized carbons (Fsp3) is 0.846. The number of rotatable bonds is 7. The Bertz CT molecular complexity index is 398. The zero-order valence-electron chi connectivity index (χ0n) is 12.6. The molecule has 2 rings (SSSR count). The average Bonchev–Trinajstić information content (AvgIpc) is 2.87. The molecular formula is C13H25N5O2. The average molecular weight is 283 g/mol. The molecule has 1 atom stereocenters. The van der Waals surface area contributed by atoms with Crippen LogP contribution in [0.25, 0.3) is 0 Å². The van der Waals surface area contributed by atoms with Crippen molar-refractivity contribution in [1.82, 2.24) is 25.3 Å². The summed E-state index contributed by atoms with van der Waals surface area (Å²) in [6, 6.07) is 0.459. The minimum absolute atomic E-state index is 0.459. The minimum Gasteiger partial charge on any atom is -0.383 e. The third kappa shape index (κ3) is 4.52. The van der Waals surface area contributed by atoms with Crippen LogP contribution in [-0.4, -0.2) is 80.0 Å². The molecule has 1 aromatic rings. The number of hydrogen-bond acceptors (Lipinski definition) is 7. The van der Waals surface area contributed by atoms with E-state index >= 15 is 0 Å².